The maximum atomic E-state index is 13.8. The minimum Gasteiger partial charge on any atom is -0.466 e. The zero-order valence-electron chi connectivity index (χ0n) is 15.8. The number of rotatable bonds is 9. The van der Waals surface area contributed by atoms with Crippen LogP contribution < -0.4 is 10.2 Å². The molecule has 4 nitrogen and oxygen atoms in total. The number of nitrogens with one attached hydrogen (secondary N) is 1. The molecular weight excluding hydrogens is 399 g/mol. The van der Waals surface area contributed by atoms with Crippen LogP contribution in [0.15, 0.2) is 42.5 Å². The van der Waals surface area contributed by atoms with Gasteiger partial charge in [-0.3, -0.25) is 4.79 Å². The molecule has 150 valence electrons. The van der Waals surface area contributed by atoms with Crippen molar-refractivity contribution in [1.82, 2.24) is 0 Å². The van der Waals surface area contributed by atoms with E-state index in [1.54, 1.807) is 23.9 Å². The summed E-state index contributed by atoms with van der Waals surface area (Å²) in [5, 5.41) is 4.16. The van der Waals surface area contributed by atoms with E-state index in [0.717, 1.165) is 35.5 Å². The number of thioether (sulfide) groups is 1. The van der Waals surface area contributed by atoms with Crippen LogP contribution in [0, 0.1) is 5.82 Å². The molecule has 0 aliphatic carbocycles. The number of hydrogen-bond acceptors (Lipinski definition) is 5. The van der Waals surface area contributed by atoms with Crippen LogP contribution in [-0.2, 0) is 16.1 Å². The molecule has 1 unspecified atom stereocenters. The number of anilines is 2. The summed E-state index contributed by atoms with van der Waals surface area (Å²) >= 11 is 7.74. The lowest BCUT2D eigenvalue weighted by molar-refractivity contribution is -0.143. The van der Waals surface area contributed by atoms with Crippen LogP contribution in [0.2, 0.25) is 5.02 Å². The Kier molecular flexibility index (Phi) is 7.45. The Morgan fingerprint density at radius 1 is 1.25 bits per heavy atom. The van der Waals surface area contributed by atoms with Crippen molar-refractivity contribution in [2.45, 2.75) is 38.2 Å². The maximum Gasteiger partial charge on any atom is 0.305 e. The molecule has 0 spiro atoms. The largest absolute Gasteiger partial charge is 0.466 e. The molecule has 0 saturated heterocycles. The summed E-state index contributed by atoms with van der Waals surface area (Å²) in [7, 11) is 0. The zero-order chi connectivity index (χ0) is 19.9. The van der Waals surface area contributed by atoms with Crippen molar-refractivity contribution in [1.29, 1.82) is 0 Å². The molecule has 2 aromatic carbocycles. The SMILES string of the molecule is CCOC(=O)CCCCSC1Nc2ccc(F)cc2N1Cc1ccc(Cl)cc1. The molecule has 0 aromatic heterocycles. The van der Waals surface area contributed by atoms with E-state index in [-0.39, 0.29) is 17.3 Å². The average Bonchev–Trinajstić information content (AvgIpc) is 3.00. The van der Waals surface area contributed by atoms with Crippen molar-refractivity contribution in [3.8, 4) is 0 Å². The lowest BCUT2D eigenvalue weighted by atomic mass is 10.2. The number of carbonyl (C=O) groups excluding carboxylic acids is 1. The summed E-state index contributed by atoms with van der Waals surface area (Å²) in [4.78, 5) is 13.6. The first-order valence-electron chi connectivity index (χ1n) is 9.41. The van der Waals surface area contributed by atoms with Gasteiger partial charge >= 0.3 is 5.97 Å². The molecule has 1 heterocycles. The fourth-order valence-electron chi connectivity index (χ4n) is 3.09. The summed E-state index contributed by atoms with van der Waals surface area (Å²) < 4.78 is 18.8. The molecule has 2 aromatic rings. The van der Waals surface area contributed by atoms with Crippen LogP contribution in [0.1, 0.15) is 31.7 Å². The van der Waals surface area contributed by atoms with E-state index < -0.39 is 0 Å². The first-order valence-corrected chi connectivity index (χ1v) is 10.8. The third-order valence-electron chi connectivity index (χ3n) is 4.45. The van der Waals surface area contributed by atoms with Crippen LogP contribution in [0.3, 0.4) is 0 Å². The Hall–Kier alpha value is -1.92. The Labute approximate surface area is 174 Å². The predicted octanol–water partition coefficient (Wildman–Crippen LogP) is 5.66. The predicted molar refractivity (Wildman–Crippen MR) is 114 cm³/mol. The number of nitrogens with zero attached hydrogens (tertiary/aromatic N) is 1. The fourth-order valence-corrected chi connectivity index (χ4v) is 4.39. The molecule has 1 N–H and O–H groups in total. The van der Waals surface area contributed by atoms with Gasteiger partial charge in [-0.05, 0) is 61.4 Å². The highest BCUT2D eigenvalue weighted by atomic mass is 35.5. The first-order chi connectivity index (χ1) is 13.6. The third-order valence-corrected chi connectivity index (χ3v) is 5.92. The number of ether oxygens (including phenoxy) is 1. The van der Waals surface area contributed by atoms with Gasteiger partial charge in [0.1, 0.15) is 11.3 Å². The molecular formula is C21H24ClFN2O2S. The van der Waals surface area contributed by atoms with E-state index in [0.29, 0.717) is 24.6 Å². The molecule has 1 atom stereocenters. The minimum absolute atomic E-state index is 0.00933. The van der Waals surface area contributed by atoms with Crippen molar-refractivity contribution >= 4 is 40.7 Å². The third kappa shape index (κ3) is 5.55. The van der Waals surface area contributed by atoms with Crippen molar-refractivity contribution in [3.63, 3.8) is 0 Å². The number of esters is 1. The van der Waals surface area contributed by atoms with E-state index in [1.807, 2.05) is 31.2 Å². The second-order valence-corrected chi connectivity index (χ2v) is 8.17. The lowest BCUT2D eigenvalue weighted by Crippen LogP contribution is -2.32. The monoisotopic (exact) mass is 422 g/mol. The van der Waals surface area contributed by atoms with E-state index in [4.69, 9.17) is 16.3 Å². The number of benzene rings is 2. The van der Waals surface area contributed by atoms with E-state index >= 15 is 0 Å². The Morgan fingerprint density at radius 3 is 2.79 bits per heavy atom. The van der Waals surface area contributed by atoms with E-state index in [2.05, 4.69) is 10.2 Å². The van der Waals surface area contributed by atoms with Crippen molar-refractivity contribution in [2.75, 3.05) is 22.6 Å². The molecule has 7 heteroatoms. The van der Waals surface area contributed by atoms with Crippen LogP contribution in [-0.4, -0.2) is 23.8 Å². The normalized spacial score (nSPS) is 15.2. The van der Waals surface area contributed by atoms with Crippen LogP contribution in [0.4, 0.5) is 15.8 Å². The topological polar surface area (TPSA) is 41.6 Å². The van der Waals surface area contributed by atoms with Crippen molar-refractivity contribution in [2.24, 2.45) is 0 Å². The first kappa shape index (κ1) is 20.8. The van der Waals surface area contributed by atoms with Gasteiger partial charge < -0.3 is 15.0 Å². The zero-order valence-corrected chi connectivity index (χ0v) is 17.4. The highest BCUT2D eigenvalue weighted by molar-refractivity contribution is 8.00. The Balaban J connectivity index is 1.61. The van der Waals surface area contributed by atoms with Crippen LogP contribution >= 0.6 is 23.4 Å². The van der Waals surface area contributed by atoms with Gasteiger partial charge in [-0.15, -0.1) is 11.8 Å². The van der Waals surface area contributed by atoms with E-state index in [9.17, 15) is 9.18 Å². The number of fused-ring (bicyclic) bond motifs is 1. The maximum absolute atomic E-state index is 13.8. The summed E-state index contributed by atoms with van der Waals surface area (Å²) in [5.74, 6) is 0.505. The van der Waals surface area contributed by atoms with Gasteiger partial charge in [0.05, 0.1) is 18.0 Å². The molecule has 28 heavy (non-hydrogen) atoms. The van der Waals surface area contributed by atoms with Gasteiger partial charge in [0, 0.05) is 18.0 Å². The number of halogens is 2. The summed E-state index contributed by atoms with van der Waals surface area (Å²) in [6.07, 6.45) is 2.17. The van der Waals surface area contributed by atoms with E-state index in [1.165, 1.54) is 6.07 Å². The van der Waals surface area contributed by atoms with Gasteiger partial charge in [0.25, 0.3) is 0 Å². The van der Waals surface area contributed by atoms with Crippen molar-refractivity contribution in [3.05, 3.63) is 58.9 Å². The highest BCUT2D eigenvalue weighted by Gasteiger charge is 2.29. The molecule has 3 rings (SSSR count). The number of hydrogen-bond donors (Lipinski definition) is 1. The number of carbonyl (C=O) groups is 1. The Morgan fingerprint density at radius 2 is 2.04 bits per heavy atom. The fraction of sp³-hybridized carbons (Fsp3) is 0.381. The molecule has 0 saturated carbocycles. The molecule has 0 bridgehead atoms. The molecule has 0 amide bonds. The van der Waals surface area contributed by atoms with Gasteiger partial charge in [-0.25, -0.2) is 4.39 Å². The standard InChI is InChI=1S/C21H24ClFN2O2S/c1-2-27-20(26)5-3-4-12-28-21-24-18-11-10-17(23)13-19(18)25(21)14-15-6-8-16(22)9-7-15/h6-11,13,21,24H,2-5,12,14H2,1H3. The summed E-state index contributed by atoms with van der Waals surface area (Å²) in [5.41, 5.74) is 2.91. The van der Waals surface area contributed by atoms with Gasteiger partial charge in [-0.1, -0.05) is 23.7 Å². The summed E-state index contributed by atoms with van der Waals surface area (Å²) in [6.45, 7) is 2.89. The summed E-state index contributed by atoms with van der Waals surface area (Å²) in [6, 6.07) is 12.5. The smallest absolute Gasteiger partial charge is 0.305 e. The average molecular weight is 423 g/mol. The minimum atomic E-state index is -0.248. The molecule has 0 fully saturated rings. The van der Waals surface area contributed by atoms with Gasteiger partial charge in [0.2, 0.25) is 0 Å². The van der Waals surface area contributed by atoms with Crippen molar-refractivity contribution < 1.29 is 13.9 Å². The lowest BCUT2D eigenvalue weighted by Gasteiger charge is -2.26. The molecule has 1 aliphatic rings. The highest BCUT2D eigenvalue weighted by Crippen LogP contribution is 2.40. The van der Waals surface area contributed by atoms with Gasteiger partial charge in [-0.2, -0.15) is 0 Å². The van der Waals surface area contributed by atoms with Gasteiger partial charge in [0.15, 0.2) is 0 Å². The Bertz CT molecular complexity index is 803. The quantitative estimate of drug-likeness (QED) is 0.417. The molecule has 1 aliphatic heterocycles. The second-order valence-electron chi connectivity index (χ2n) is 6.55. The molecule has 0 radical (unpaired) electrons. The number of unbranched alkanes of at least 4 members (excludes halogenated alkanes) is 1. The van der Waals surface area contributed by atoms with Crippen LogP contribution in [0.5, 0.6) is 0 Å². The van der Waals surface area contributed by atoms with Crippen LogP contribution in [0.25, 0.3) is 0 Å². The second kappa shape index (κ2) is 10.0.